The van der Waals surface area contributed by atoms with Crippen molar-refractivity contribution in [3.05, 3.63) is 29.8 Å². The third kappa shape index (κ3) is 8.83. The zero-order chi connectivity index (χ0) is 17.2. The van der Waals surface area contributed by atoms with Gasteiger partial charge in [-0.3, -0.25) is 14.5 Å². The van der Waals surface area contributed by atoms with Gasteiger partial charge in [0.05, 0.1) is 19.1 Å². The highest BCUT2D eigenvalue weighted by atomic mass is 16.5. The van der Waals surface area contributed by atoms with Crippen LogP contribution in [0.5, 0.6) is 5.75 Å². The van der Waals surface area contributed by atoms with Crippen molar-refractivity contribution in [2.24, 2.45) is 0 Å². The van der Waals surface area contributed by atoms with Gasteiger partial charge in [0, 0.05) is 13.1 Å². The highest BCUT2D eigenvalue weighted by Crippen LogP contribution is 2.13. The van der Waals surface area contributed by atoms with E-state index in [2.05, 4.69) is 5.32 Å². The molecule has 0 bridgehead atoms. The Morgan fingerprint density at radius 2 is 1.91 bits per heavy atom. The SMILES string of the molecule is CC(C)Oc1ccc(CCNC(=O)CN(C)CCC(=O)O)cc1. The van der Waals surface area contributed by atoms with Crippen molar-refractivity contribution < 1.29 is 19.4 Å². The Hall–Kier alpha value is -2.08. The lowest BCUT2D eigenvalue weighted by atomic mass is 10.1. The van der Waals surface area contributed by atoms with Gasteiger partial charge in [-0.2, -0.15) is 0 Å². The molecule has 6 heteroatoms. The summed E-state index contributed by atoms with van der Waals surface area (Å²) in [6.07, 6.45) is 0.930. The molecule has 2 N–H and O–H groups in total. The van der Waals surface area contributed by atoms with E-state index in [1.165, 1.54) is 0 Å². The van der Waals surface area contributed by atoms with E-state index in [-0.39, 0.29) is 25.0 Å². The molecule has 6 nitrogen and oxygen atoms in total. The zero-order valence-electron chi connectivity index (χ0n) is 14.0. The summed E-state index contributed by atoms with van der Waals surface area (Å²) in [5.74, 6) is -0.118. The Morgan fingerprint density at radius 1 is 1.26 bits per heavy atom. The van der Waals surface area contributed by atoms with Gasteiger partial charge in [0.25, 0.3) is 0 Å². The van der Waals surface area contributed by atoms with Crippen molar-refractivity contribution in [2.45, 2.75) is 32.8 Å². The fourth-order valence-electron chi connectivity index (χ4n) is 2.02. The molecular formula is C17H26N2O4. The Balaban J connectivity index is 2.25. The molecule has 0 aromatic heterocycles. The van der Waals surface area contributed by atoms with E-state index >= 15 is 0 Å². The molecule has 0 heterocycles. The minimum absolute atomic E-state index is 0.0363. The lowest BCUT2D eigenvalue weighted by Gasteiger charge is -2.15. The van der Waals surface area contributed by atoms with Gasteiger partial charge in [0.2, 0.25) is 5.91 Å². The van der Waals surface area contributed by atoms with Crippen molar-refractivity contribution in [1.82, 2.24) is 10.2 Å². The number of nitrogens with one attached hydrogen (secondary N) is 1. The third-order valence-corrected chi connectivity index (χ3v) is 3.15. The summed E-state index contributed by atoms with van der Waals surface area (Å²) in [6.45, 7) is 5.08. The molecule has 0 aliphatic heterocycles. The molecule has 128 valence electrons. The third-order valence-electron chi connectivity index (χ3n) is 3.15. The molecule has 0 saturated carbocycles. The van der Waals surface area contributed by atoms with Gasteiger partial charge >= 0.3 is 5.97 Å². The van der Waals surface area contributed by atoms with E-state index in [0.717, 1.165) is 17.7 Å². The van der Waals surface area contributed by atoms with E-state index in [1.807, 2.05) is 38.1 Å². The average molecular weight is 322 g/mol. The van der Waals surface area contributed by atoms with Crippen LogP contribution in [0.2, 0.25) is 0 Å². The van der Waals surface area contributed by atoms with Crippen molar-refractivity contribution in [2.75, 3.05) is 26.7 Å². The number of carboxylic acids is 1. The van der Waals surface area contributed by atoms with Gasteiger partial charge in [0.15, 0.2) is 0 Å². The van der Waals surface area contributed by atoms with Crippen LogP contribution in [-0.2, 0) is 16.0 Å². The number of carbonyl (C=O) groups is 2. The van der Waals surface area contributed by atoms with Crippen LogP contribution in [0.1, 0.15) is 25.8 Å². The number of hydrogen-bond donors (Lipinski definition) is 2. The van der Waals surface area contributed by atoms with E-state index in [4.69, 9.17) is 9.84 Å². The summed E-state index contributed by atoms with van der Waals surface area (Å²) in [4.78, 5) is 23.9. The van der Waals surface area contributed by atoms with Crippen LogP contribution >= 0.6 is 0 Å². The Morgan fingerprint density at radius 3 is 2.48 bits per heavy atom. The summed E-state index contributed by atoms with van der Waals surface area (Å²) in [7, 11) is 1.73. The highest BCUT2D eigenvalue weighted by Gasteiger charge is 2.07. The van der Waals surface area contributed by atoms with Gasteiger partial charge in [-0.1, -0.05) is 12.1 Å². The Labute approximate surface area is 137 Å². The first-order valence-electron chi connectivity index (χ1n) is 7.79. The fourth-order valence-corrected chi connectivity index (χ4v) is 2.02. The van der Waals surface area contributed by atoms with Crippen molar-refractivity contribution in [3.63, 3.8) is 0 Å². The van der Waals surface area contributed by atoms with E-state index in [0.29, 0.717) is 13.1 Å². The number of carbonyl (C=O) groups excluding carboxylic acids is 1. The highest BCUT2D eigenvalue weighted by molar-refractivity contribution is 5.78. The van der Waals surface area contributed by atoms with Crippen molar-refractivity contribution in [1.29, 1.82) is 0 Å². The van der Waals surface area contributed by atoms with Crippen LogP contribution in [0.15, 0.2) is 24.3 Å². The topological polar surface area (TPSA) is 78.9 Å². The first-order chi connectivity index (χ1) is 10.9. The number of aliphatic carboxylic acids is 1. The zero-order valence-corrected chi connectivity index (χ0v) is 14.0. The number of rotatable bonds is 10. The molecule has 0 atom stereocenters. The largest absolute Gasteiger partial charge is 0.491 e. The molecule has 0 saturated heterocycles. The summed E-state index contributed by atoms with van der Waals surface area (Å²) in [6, 6.07) is 7.83. The lowest BCUT2D eigenvalue weighted by molar-refractivity contribution is -0.137. The first kappa shape index (κ1) is 19.0. The molecule has 0 unspecified atom stereocenters. The second-order valence-electron chi connectivity index (χ2n) is 5.79. The molecule has 1 aromatic rings. The molecule has 0 fully saturated rings. The number of nitrogens with zero attached hydrogens (tertiary/aromatic N) is 1. The van der Waals surface area contributed by atoms with E-state index < -0.39 is 5.97 Å². The number of hydrogen-bond acceptors (Lipinski definition) is 4. The molecule has 0 radical (unpaired) electrons. The standard InChI is InChI=1S/C17H26N2O4/c1-13(2)23-15-6-4-14(5-7-15)8-10-18-16(20)12-19(3)11-9-17(21)22/h4-7,13H,8-12H2,1-3H3,(H,18,20)(H,21,22). The van der Waals surface area contributed by atoms with E-state index in [1.54, 1.807) is 11.9 Å². The normalized spacial score (nSPS) is 10.8. The van der Waals surface area contributed by atoms with Gasteiger partial charge in [-0.15, -0.1) is 0 Å². The maximum Gasteiger partial charge on any atom is 0.304 e. The Kier molecular flexibility index (Phi) is 8.11. The van der Waals surface area contributed by atoms with Crippen molar-refractivity contribution >= 4 is 11.9 Å². The number of amides is 1. The molecule has 1 aromatic carbocycles. The van der Waals surface area contributed by atoms with Gasteiger partial charge in [-0.05, 0) is 45.0 Å². The minimum Gasteiger partial charge on any atom is -0.491 e. The van der Waals surface area contributed by atoms with Crippen LogP contribution < -0.4 is 10.1 Å². The maximum absolute atomic E-state index is 11.7. The van der Waals surface area contributed by atoms with Gasteiger partial charge in [-0.25, -0.2) is 0 Å². The predicted octanol–water partition coefficient (Wildman–Crippen LogP) is 1.54. The summed E-state index contributed by atoms with van der Waals surface area (Å²) >= 11 is 0. The fraction of sp³-hybridized carbons (Fsp3) is 0.529. The average Bonchev–Trinajstić information content (AvgIpc) is 2.46. The molecule has 0 aliphatic carbocycles. The molecule has 0 aliphatic rings. The van der Waals surface area contributed by atoms with Crippen LogP contribution in [0.25, 0.3) is 0 Å². The molecular weight excluding hydrogens is 296 g/mol. The van der Waals surface area contributed by atoms with Crippen LogP contribution in [0.4, 0.5) is 0 Å². The first-order valence-corrected chi connectivity index (χ1v) is 7.79. The number of likely N-dealkylation sites (N-methyl/N-ethyl adjacent to an activating group) is 1. The van der Waals surface area contributed by atoms with Crippen LogP contribution in [0, 0.1) is 0 Å². The van der Waals surface area contributed by atoms with Crippen molar-refractivity contribution in [3.8, 4) is 5.75 Å². The number of benzene rings is 1. The maximum atomic E-state index is 11.7. The van der Waals surface area contributed by atoms with E-state index in [9.17, 15) is 9.59 Å². The second kappa shape index (κ2) is 9.84. The smallest absolute Gasteiger partial charge is 0.304 e. The summed E-state index contributed by atoms with van der Waals surface area (Å²) < 4.78 is 5.58. The van der Waals surface area contributed by atoms with Crippen LogP contribution in [0.3, 0.4) is 0 Å². The predicted molar refractivity (Wildman–Crippen MR) is 88.7 cm³/mol. The molecule has 1 rings (SSSR count). The number of carboxylic acid groups (broad SMARTS) is 1. The summed E-state index contributed by atoms with van der Waals surface area (Å²) in [5, 5.41) is 11.4. The molecule has 0 spiro atoms. The Bertz CT molecular complexity index is 500. The summed E-state index contributed by atoms with van der Waals surface area (Å²) in [5.41, 5.74) is 1.13. The molecule has 23 heavy (non-hydrogen) atoms. The van der Waals surface area contributed by atoms with Crippen LogP contribution in [-0.4, -0.2) is 54.7 Å². The minimum atomic E-state index is -0.859. The van der Waals surface area contributed by atoms with Gasteiger partial charge in [0.1, 0.15) is 5.75 Å². The number of ether oxygens (including phenoxy) is 1. The monoisotopic (exact) mass is 322 g/mol. The van der Waals surface area contributed by atoms with Gasteiger partial charge < -0.3 is 15.2 Å². The second-order valence-corrected chi connectivity index (χ2v) is 5.79. The quantitative estimate of drug-likeness (QED) is 0.683. The molecule has 1 amide bonds. The lowest BCUT2D eigenvalue weighted by Crippen LogP contribution is -2.36.